The quantitative estimate of drug-likeness (QED) is 0.597. The van der Waals surface area contributed by atoms with E-state index in [4.69, 9.17) is 4.52 Å². The zero-order chi connectivity index (χ0) is 21.9. The van der Waals surface area contributed by atoms with Gasteiger partial charge in [-0.3, -0.25) is 4.79 Å². The number of aromatic nitrogens is 1. The second-order valence-corrected chi connectivity index (χ2v) is 8.56. The number of carbonyl (C=O) groups excluding carboxylic acids is 1. The molecule has 1 amide bonds. The van der Waals surface area contributed by atoms with Crippen molar-refractivity contribution in [1.29, 1.82) is 0 Å². The normalized spacial score (nSPS) is 12.0. The Balaban J connectivity index is 1.76. The van der Waals surface area contributed by atoms with E-state index in [-0.39, 0.29) is 27.8 Å². The standard InChI is InChI=1S/C20H17F3N2O4S/c1-2-10-30(27,28)16-8-6-13(7-9-16)18-12-17(25-29-18)19(26)24-15-5-3-4-14(11-15)20(21,22)23/h3-9,11-12H,2,10H2,1H3,(H,24,26). The van der Waals surface area contributed by atoms with Gasteiger partial charge in [-0.25, -0.2) is 8.42 Å². The van der Waals surface area contributed by atoms with Gasteiger partial charge in [-0.2, -0.15) is 13.2 Å². The number of rotatable bonds is 6. The second-order valence-electron chi connectivity index (χ2n) is 6.45. The summed E-state index contributed by atoms with van der Waals surface area (Å²) in [6, 6.07) is 11.5. The average Bonchev–Trinajstić information content (AvgIpc) is 3.18. The summed E-state index contributed by atoms with van der Waals surface area (Å²) in [6.45, 7) is 1.77. The van der Waals surface area contributed by atoms with E-state index in [1.54, 1.807) is 6.92 Å². The summed E-state index contributed by atoms with van der Waals surface area (Å²) in [5.41, 5.74) is -0.565. The molecule has 1 heterocycles. The maximum atomic E-state index is 12.8. The Labute approximate surface area is 170 Å². The van der Waals surface area contributed by atoms with Gasteiger partial charge in [-0.15, -0.1) is 0 Å². The third-order valence-electron chi connectivity index (χ3n) is 4.16. The molecule has 3 aromatic rings. The van der Waals surface area contributed by atoms with E-state index in [1.165, 1.54) is 42.5 Å². The third-order valence-corrected chi connectivity index (χ3v) is 6.10. The summed E-state index contributed by atoms with van der Waals surface area (Å²) in [4.78, 5) is 12.5. The molecule has 0 fully saturated rings. The number of nitrogens with zero attached hydrogens (tertiary/aromatic N) is 1. The minimum Gasteiger partial charge on any atom is -0.355 e. The van der Waals surface area contributed by atoms with Crippen LogP contribution < -0.4 is 5.32 Å². The topological polar surface area (TPSA) is 89.3 Å². The molecule has 1 N–H and O–H groups in total. The zero-order valence-electron chi connectivity index (χ0n) is 15.7. The molecule has 0 saturated heterocycles. The van der Waals surface area contributed by atoms with Crippen LogP contribution >= 0.6 is 0 Å². The maximum absolute atomic E-state index is 12.8. The minimum atomic E-state index is -4.53. The van der Waals surface area contributed by atoms with E-state index in [1.807, 2.05) is 0 Å². The number of nitrogens with one attached hydrogen (secondary N) is 1. The van der Waals surface area contributed by atoms with Crippen LogP contribution in [0.2, 0.25) is 0 Å². The van der Waals surface area contributed by atoms with Crippen LogP contribution in [0.4, 0.5) is 18.9 Å². The maximum Gasteiger partial charge on any atom is 0.416 e. The Bertz CT molecular complexity index is 1150. The first-order chi connectivity index (χ1) is 14.1. The Morgan fingerprint density at radius 3 is 2.43 bits per heavy atom. The molecule has 2 aromatic carbocycles. The van der Waals surface area contributed by atoms with Crippen LogP contribution in [0.25, 0.3) is 11.3 Å². The second kappa shape index (κ2) is 8.31. The lowest BCUT2D eigenvalue weighted by Crippen LogP contribution is -2.13. The van der Waals surface area contributed by atoms with Gasteiger partial charge in [0.15, 0.2) is 21.3 Å². The molecule has 0 aliphatic heterocycles. The number of amides is 1. The molecule has 0 atom stereocenters. The number of anilines is 1. The highest BCUT2D eigenvalue weighted by Gasteiger charge is 2.30. The number of alkyl halides is 3. The van der Waals surface area contributed by atoms with Crippen LogP contribution in [0.1, 0.15) is 29.4 Å². The van der Waals surface area contributed by atoms with Crippen LogP contribution in [0.3, 0.4) is 0 Å². The van der Waals surface area contributed by atoms with E-state index in [0.717, 1.165) is 12.1 Å². The molecule has 0 radical (unpaired) electrons. The molecular formula is C20H17F3N2O4S. The van der Waals surface area contributed by atoms with Crippen LogP contribution in [0, 0.1) is 0 Å². The number of benzene rings is 2. The predicted molar refractivity (Wildman–Crippen MR) is 104 cm³/mol. The van der Waals surface area contributed by atoms with Gasteiger partial charge in [0.2, 0.25) is 0 Å². The molecule has 0 saturated carbocycles. The summed E-state index contributed by atoms with van der Waals surface area (Å²) in [5, 5.41) is 5.97. The number of carbonyl (C=O) groups is 1. The molecule has 10 heteroatoms. The van der Waals surface area contributed by atoms with Crippen molar-refractivity contribution >= 4 is 21.4 Å². The molecule has 0 spiro atoms. The lowest BCUT2D eigenvalue weighted by Gasteiger charge is -2.08. The van der Waals surface area contributed by atoms with Gasteiger partial charge in [0, 0.05) is 17.3 Å². The predicted octanol–water partition coefficient (Wildman–Crippen LogP) is 4.80. The molecule has 30 heavy (non-hydrogen) atoms. The van der Waals surface area contributed by atoms with E-state index in [9.17, 15) is 26.4 Å². The Hall–Kier alpha value is -3.14. The number of hydrogen-bond acceptors (Lipinski definition) is 5. The van der Waals surface area contributed by atoms with Crippen molar-refractivity contribution in [1.82, 2.24) is 5.16 Å². The van der Waals surface area contributed by atoms with Gasteiger partial charge < -0.3 is 9.84 Å². The Morgan fingerprint density at radius 2 is 1.80 bits per heavy atom. The van der Waals surface area contributed by atoms with Gasteiger partial charge in [0.25, 0.3) is 5.91 Å². The molecule has 3 rings (SSSR count). The lowest BCUT2D eigenvalue weighted by atomic mass is 10.1. The molecule has 1 aromatic heterocycles. The fraction of sp³-hybridized carbons (Fsp3) is 0.200. The summed E-state index contributed by atoms with van der Waals surface area (Å²) in [7, 11) is -3.36. The van der Waals surface area contributed by atoms with Crippen molar-refractivity contribution in [2.75, 3.05) is 11.1 Å². The van der Waals surface area contributed by atoms with Crippen molar-refractivity contribution < 1.29 is 30.9 Å². The SMILES string of the molecule is CCCS(=O)(=O)c1ccc(-c2cc(C(=O)Nc3cccc(C(F)(F)F)c3)no2)cc1. The van der Waals surface area contributed by atoms with Gasteiger partial charge in [0.05, 0.1) is 16.2 Å². The molecule has 0 bridgehead atoms. The summed E-state index contributed by atoms with van der Waals surface area (Å²) < 4.78 is 67.6. The molecule has 0 unspecified atom stereocenters. The number of sulfone groups is 1. The fourth-order valence-corrected chi connectivity index (χ4v) is 4.02. The molecule has 0 aliphatic rings. The van der Waals surface area contributed by atoms with E-state index >= 15 is 0 Å². The Morgan fingerprint density at radius 1 is 1.10 bits per heavy atom. The zero-order valence-corrected chi connectivity index (χ0v) is 16.5. The molecule has 6 nitrogen and oxygen atoms in total. The molecule has 158 valence electrons. The smallest absolute Gasteiger partial charge is 0.355 e. The van der Waals surface area contributed by atoms with Crippen LogP contribution in [0.5, 0.6) is 0 Å². The van der Waals surface area contributed by atoms with E-state index in [2.05, 4.69) is 10.5 Å². The Kier molecular flexibility index (Phi) is 5.97. The van der Waals surface area contributed by atoms with Gasteiger partial charge in [-0.1, -0.05) is 18.1 Å². The van der Waals surface area contributed by atoms with Crippen LogP contribution in [-0.4, -0.2) is 25.2 Å². The first-order valence-corrected chi connectivity index (χ1v) is 10.5. The monoisotopic (exact) mass is 438 g/mol. The first kappa shape index (κ1) is 21.6. The van der Waals surface area contributed by atoms with Gasteiger partial charge in [0.1, 0.15) is 0 Å². The van der Waals surface area contributed by atoms with E-state index < -0.39 is 27.5 Å². The van der Waals surface area contributed by atoms with E-state index in [0.29, 0.717) is 12.0 Å². The number of hydrogen-bond donors (Lipinski definition) is 1. The first-order valence-electron chi connectivity index (χ1n) is 8.88. The summed E-state index contributed by atoms with van der Waals surface area (Å²) in [6.07, 6.45) is -4.03. The largest absolute Gasteiger partial charge is 0.416 e. The van der Waals surface area contributed by atoms with Crippen molar-refractivity contribution in [3.63, 3.8) is 0 Å². The highest BCUT2D eigenvalue weighted by Crippen LogP contribution is 2.31. The highest BCUT2D eigenvalue weighted by atomic mass is 32.2. The molecular weight excluding hydrogens is 421 g/mol. The summed E-state index contributed by atoms with van der Waals surface area (Å²) in [5.74, 6) is -0.496. The molecule has 0 aliphatic carbocycles. The van der Waals surface area contributed by atoms with Crippen molar-refractivity contribution in [2.24, 2.45) is 0 Å². The third kappa shape index (κ3) is 4.88. The fourth-order valence-electron chi connectivity index (χ4n) is 2.70. The number of halogens is 3. The van der Waals surface area contributed by atoms with Crippen molar-refractivity contribution in [2.45, 2.75) is 24.4 Å². The van der Waals surface area contributed by atoms with Gasteiger partial charge in [-0.05, 0) is 48.9 Å². The van der Waals surface area contributed by atoms with Crippen LogP contribution in [-0.2, 0) is 16.0 Å². The van der Waals surface area contributed by atoms with Gasteiger partial charge >= 0.3 is 6.18 Å². The average molecular weight is 438 g/mol. The lowest BCUT2D eigenvalue weighted by molar-refractivity contribution is -0.137. The summed E-state index contributed by atoms with van der Waals surface area (Å²) >= 11 is 0. The van der Waals surface area contributed by atoms with Crippen molar-refractivity contribution in [3.05, 3.63) is 65.9 Å². The van der Waals surface area contributed by atoms with Crippen molar-refractivity contribution in [3.8, 4) is 11.3 Å². The van der Waals surface area contributed by atoms with Crippen LogP contribution in [0.15, 0.2) is 64.0 Å². The minimum absolute atomic E-state index is 0.0362. The highest BCUT2D eigenvalue weighted by molar-refractivity contribution is 7.91.